The molecule has 0 aromatic heterocycles. The molecule has 1 saturated heterocycles. The van der Waals surface area contributed by atoms with Gasteiger partial charge in [0.05, 0.1) is 14.2 Å². The quantitative estimate of drug-likeness (QED) is 0.335. The van der Waals surface area contributed by atoms with Crippen LogP contribution < -0.4 is 14.8 Å². The summed E-state index contributed by atoms with van der Waals surface area (Å²) in [6.45, 7) is 7.47. The zero-order chi connectivity index (χ0) is 20.5. The molecular weight excluding hydrogens is 485 g/mol. The van der Waals surface area contributed by atoms with Crippen LogP contribution in [0.15, 0.2) is 23.2 Å². The normalized spacial score (nSPS) is 14.8. The number of hydrogen-bond acceptors (Lipinski definition) is 5. The van der Waals surface area contributed by atoms with Crippen molar-refractivity contribution in [2.45, 2.75) is 13.5 Å². The number of carbonyl (C=O) groups excluding carboxylic acids is 1. The van der Waals surface area contributed by atoms with E-state index in [-0.39, 0.29) is 29.9 Å². The number of aliphatic imine (C=N–C) groups is 1. The number of amides is 1. The average molecular weight is 519 g/mol. The van der Waals surface area contributed by atoms with Crippen LogP contribution >= 0.6 is 24.0 Å². The number of methoxy groups -OCH3 is 2. The monoisotopic (exact) mass is 519 g/mol. The molecule has 0 saturated carbocycles. The first-order valence-corrected chi connectivity index (χ1v) is 9.59. The molecule has 1 aliphatic rings. The molecule has 164 valence electrons. The summed E-state index contributed by atoms with van der Waals surface area (Å²) in [6, 6.07) is 5.83. The van der Waals surface area contributed by atoms with Gasteiger partial charge in [-0.3, -0.25) is 14.7 Å². The summed E-state index contributed by atoms with van der Waals surface area (Å²) in [4.78, 5) is 22.1. The summed E-state index contributed by atoms with van der Waals surface area (Å²) in [5.74, 6) is 2.56. The predicted molar refractivity (Wildman–Crippen MR) is 126 cm³/mol. The number of nitrogens with zero attached hydrogens (tertiary/aromatic N) is 4. The summed E-state index contributed by atoms with van der Waals surface area (Å²) in [5.41, 5.74) is 1.06. The maximum atomic E-state index is 11.4. The highest BCUT2D eigenvalue weighted by molar-refractivity contribution is 14.0. The fourth-order valence-electron chi connectivity index (χ4n) is 3.31. The number of piperazine rings is 1. The fraction of sp³-hybridized carbons (Fsp3) is 0.600. The van der Waals surface area contributed by atoms with Crippen LogP contribution in [0.1, 0.15) is 12.5 Å². The lowest BCUT2D eigenvalue weighted by atomic mass is 10.2. The smallest absolute Gasteiger partial charge is 0.219 e. The van der Waals surface area contributed by atoms with Crippen molar-refractivity contribution in [1.29, 1.82) is 0 Å². The van der Waals surface area contributed by atoms with Gasteiger partial charge in [0.15, 0.2) is 5.96 Å². The first-order chi connectivity index (χ1) is 13.5. The maximum absolute atomic E-state index is 11.4. The highest BCUT2D eigenvalue weighted by Crippen LogP contribution is 2.25. The minimum Gasteiger partial charge on any atom is -0.497 e. The molecule has 1 amide bonds. The van der Waals surface area contributed by atoms with Gasteiger partial charge in [-0.2, -0.15) is 0 Å². The van der Waals surface area contributed by atoms with Gasteiger partial charge in [-0.25, -0.2) is 0 Å². The van der Waals surface area contributed by atoms with Crippen molar-refractivity contribution < 1.29 is 14.3 Å². The molecule has 8 nitrogen and oxygen atoms in total. The third-order valence-electron chi connectivity index (χ3n) is 5.00. The van der Waals surface area contributed by atoms with E-state index in [0.29, 0.717) is 6.54 Å². The molecule has 2 rings (SSSR count). The van der Waals surface area contributed by atoms with E-state index < -0.39 is 0 Å². The molecule has 0 bridgehead atoms. The Labute approximate surface area is 191 Å². The van der Waals surface area contributed by atoms with Gasteiger partial charge in [-0.15, -0.1) is 24.0 Å². The SMILES string of the molecule is CN=C(NCCN1CCN(C(C)=O)CC1)N(C)Cc1ccc(OC)cc1OC.I. The van der Waals surface area contributed by atoms with Crippen LogP contribution in [0, 0.1) is 0 Å². The van der Waals surface area contributed by atoms with Crippen molar-refractivity contribution in [2.75, 3.05) is 67.6 Å². The summed E-state index contributed by atoms with van der Waals surface area (Å²) in [7, 11) is 7.10. The number of carbonyl (C=O) groups is 1. The molecule has 9 heteroatoms. The molecule has 1 N–H and O–H groups in total. The minimum absolute atomic E-state index is 0. The van der Waals surface area contributed by atoms with Gasteiger partial charge < -0.3 is 24.6 Å². The van der Waals surface area contributed by atoms with Crippen molar-refractivity contribution in [1.82, 2.24) is 20.0 Å². The predicted octanol–water partition coefficient (Wildman–Crippen LogP) is 1.49. The van der Waals surface area contributed by atoms with Crippen LogP contribution in [0.25, 0.3) is 0 Å². The molecule has 1 aromatic rings. The Morgan fingerprint density at radius 1 is 1.21 bits per heavy atom. The van der Waals surface area contributed by atoms with Crippen LogP contribution in [0.2, 0.25) is 0 Å². The molecule has 1 heterocycles. The molecule has 0 radical (unpaired) electrons. The van der Waals surface area contributed by atoms with E-state index in [4.69, 9.17) is 9.47 Å². The van der Waals surface area contributed by atoms with Crippen molar-refractivity contribution in [3.63, 3.8) is 0 Å². The van der Waals surface area contributed by atoms with Crippen LogP contribution in [-0.2, 0) is 11.3 Å². The fourth-order valence-corrected chi connectivity index (χ4v) is 3.31. The average Bonchev–Trinajstić information content (AvgIpc) is 2.71. The lowest BCUT2D eigenvalue weighted by Gasteiger charge is -2.34. The standard InChI is InChI=1S/C20H33N5O3.HI/c1-16(26)25-12-10-24(11-13-25)9-8-22-20(21-2)23(3)15-17-6-7-18(27-4)14-19(17)28-5;/h6-7,14H,8-13,15H2,1-5H3,(H,21,22);1H. The number of benzene rings is 1. The Bertz CT molecular complexity index is 678. The van der Waals surface area contributed by atoms with Crippen LogP contribution in [0.4, 0.5) is 0 Å². The zero-order valence-electron chi connectivity index (χ0n) is 18.1. The van der Waals surface area contributed by atoms with Gasteiger partial charge in [-0.05, 0) is 12.1 Å². The van der Waals surface area contributed by atoms with E-state index in [1.54, 1.807) is 28.2 Å². The van der Waals surface area contributed by atoms with E-state index in [0.717, 1.165) is 62.3 Å². The van der Waals surface area contributed by atoms with Crippen LogP contribution in [0.5, 0.6) is 11.5 Å². The summed E-state index contributed by atoms with van der Waals surface area (Å²) in [5, 5.41) is 3.42. The second kappa shape index (κ2) is 12.7. The second-order valence-electron chi connectivity index (χ2n) is 6.86. The molecule has 0 aliphatic carbocycles. The molecule has 0 atom stereocenters. The van der Waals surface area contributed by atoms with E-state index in [1.165, 1.54) is 0 Å². The molecule has 1 fully saturated rings. The Morgan fingerprint density at radius 3 is 2.45 bits per heavy atom. The van der Waals surface area contributed by atoms with Gasteiger partial charge >= 0.3 is 0 Å². The van der Waals surface area contributed by atoms with Gasteiger partial charge in [0.1, 0.15) is 11.5 Å². The van der Waals surface area contributed by atoms with E-state index in [9.17, 15) is 4.79 Å². The first kappa shape index (κ1) is 25.3. The first-order valence-electron chi connectivity index (χ1n) is 9.59. The van der Waals surface area contributed by atoms with E-state index in [1.807, 2.05) is 30.1 Å². The number of nitrogens with one attached hydrogen (secondary N) is 1. The number of ether oxygens (including phenoxy) is 2. The van der Waals surface area contributed by atoms with Crippen molar-refractivity contribution in [3.8, 4) is 11.5 Å². The van der Waals surface area contributed by atoms with Crippen molar-refractivity contribution in [2.24, 2.45) is 4.99 Å². The molecule has 29 heavy (non-hydrogen) atoms. The van der Waals surface area contributed by atoms with Crippen LogP contribution in [0.3, 0.4) is 0 Å². The molecule has 1 aromatic carbocycles. The third kappa shape index (κ3) is 7.54. The topological polar surface area (TPSA) is 69.6 Å². The highest BCUT2D eigenvalue weighted by Gasteiger charge is 2.18. The Balaban J connectivity index is 0.00000420. The highest BCUT2D eigenvalue weighted by atomic mass is 127. The Hall–Kier alpha value is -1.75. The third-order valence-corrected chi connectivity index (χ3v) is 5.00. The second-order valence-corrected chi connectivity index (χ2v) is 6.86. The van der Waals surface area contributed by atoms with Gasteiger partial charge in [0.25, 0.3) is 0 Å². The largest absolute Gasteiger partial charge is 0.497 e. The van der Waals surface area contributed by atoms with E-state index >= 15 is 0 Å². The minimum atomic E-state index is 0. The number of halogens is 1. The van der Waals surface area contributed by atoms with Gasteiger partial charge in [0, 0.05) is 78.5 Å². The summed E-state index contributed by atoms with van der Waals surface area (Å²) in [6.07, 6.45) is 0. The lowest BCUT2D eigenvalue weighted by molar-refractivity contribution is -0.130. The van der Waals surface area contributed by atoms with Crippen molar-refractivity contribution in [3.05, 3.63) is 23.8 Å². The maximum Gasteiger partial charge on any atom is 0.219 e. The molecule has 0 unspecified atom stereocenters. The Morgan fingerprint density at radius 2 is 1.90 bits per heavy atom. The zero-order valence-corrected chi connectivity index (χ0v) is 20.4. The van der Waals surface area contributed by atoms with Gasteiger partial charge in [-0.1, -0.05) is 0 Å². The summed E-state index contributed by atoms with van der Waals surface area (Å²) < 4.78 is 10.7. The number of guanidine groups is 1. The van der Waals surface area contributed by atoms with E-state index in [2.05, 4.69) is 20.1 Å². The number of hydrogen-bond donors (Lipinski definition) is 1. The lowest BCUT2D eigenvalue weighted by Crippen LogP contribution is -2.50. The molecule has 1 aliphatic heterocycles. The Kier molecular flexibility index (Phi) is 11.1. The molecule has 0 spiro atoms. The van der Waals surface area contributed by atoms with Crippen molar-refractivity contribution >= 4 is 35.8 Å². The van der Waals surface area contributed by atoms with Crippen LogP contribution in [-0.4, -0.2) is 94.1 Å². The summed E-state index contributed by atoms with van der Waals surface area (Å²) >= 11 is 0. The number of rotatable bonds is 7. The van der Waals surface area contributed by atoms with Gasteiger partial charge in [0.2, 0.25) is 5.91 Å². The molecular formula is C20H34IN5O3.